The van der Waals surface area contributed by atoms with Gasteiger partial charge >= 0.3 is 0 Å². The summed E-state index contributed by atoms with van der Waals surface area (Å²) in [7, 11) is 0. The van der Waals surface area contributed by atoms with Gasteiger partial charge in [-0.2, -0.15) is 0 Å². The second-order valence-electron chi connectivity index (χ2n) is 5.40. The lowest BCUT2D eigenvalue weighted by Crippen LogP contribution is -2.42. The summed E-state index contributed by atoms with van der Waals surface area (Å²) in [5, 5.41) is 0. The zero-order valence-electron chi connectivity index (χ0n) is 10.9. The number of hydrogen-bond acceptors (Lipinski definition) is 4. The van der Waals surface area contributed by atoms with Crippen LogP contribution in [0.3, 0.4) is 0 Å². The molecule has 4 heteroatoms. The molecule has 0 aromatic carbocycles. The van der Waals surface area contributed by atoms with Crippen molar-refractivity contribution in [2.45, 2.75) is 51.0 Å². The Bertz CT molecular complexity index is 414. The second-order valence-corrected chi connectivity index (χ2v) is 5.40. The summed E-state index contributed by atoms with van der Waals surface area (Å²) in [4.78, 5) is 11.5. The quantitative estimate of drug-likeness (QED) is 0.858. The van der Waals surface area contributed by atoms with Crippen molar-refractivity contribution in [3.05, 3.63) is 17.6 Å². The van der Waals surface area contributed by atoms with E-state index in [1.54, 1.807) is 6.33 Å². The Hall–Kier alpha value is -1.16. The monoisotopic (exact) mass is 246 g/mol. The predicted molar refractivity (Wildman–Crippen MR) is 72.7 cm³/mol. The van der Waals surface area contributed by atoms with E-state index in [4.69, 9.17) is 5.73 Å². The highest BCUT2D eigenvalue weighted by molar-refractivity contribution is 5.51. The fourth-order valence-corrected chi connectivity index (χ4v) is 3.01. The molecular weight excluding hydrogens is 224 g/mol. The lowest BCUT2D eigenvalue weighted by molar-refractivity contribution is 0.382. The zero-order chi connectivity index (χ0) is 12.4. The molecule has 1 heterocycles. The molecule has 0 unspecified atom stereocenters. The number of anilines is 1. The van der Waals surface area contributed by atoms with Crippen molar-refractivity contribution in [3.8, 4) is 0 Å². The summed E-state index contributed by atoms with van der Waals surface area (Å²) in [6, 6.07) is 0.691. The van der Waals surface area contributed by atoms with Crippen molar-refractivity contribution in [2.24, 2.45) is 5.73 Å². The van der Waals surface area contributed by atoms with Gasteiger partial charge in [-0.05, 0) is 51.5 Å². The SMILES string of the molecule is NCCCN(c1ncnc2c1CCC2)C1CCC1. The number of fused-ring (bicyclic) bond motifs is 1. The van der Waals surface area contributed by atoms with Crippen LogP contribution in [0.2, 0.25) is 0 Å². The number of nitrogens with zero attached hydrogens (tertiary/aromatic N) is 3. The van der Waals surface area contributed by atoms with Crippen LogP contribution in [0.15, 0.2) is 6.33 Å². The minimum absolute atomic E-state index is 0.691. The molecule has 3 rings (SSSR count). The molecule has 2 N–H and O–H groups in total. The maximum Gasteiger partial charge on any atom is 0.135 e. The Morgan fingerprint density at radius 1 is 1.22 bits per heavy atom. The van der Waals surface area contributed by atoms with Crippen LogP contribution in [0.1, 0.15) is 43.4 Å². The van der Waals surface area contributed by atoms with Crippen LogP contribution in [0.25, 0.3) is 0 Å². The molecular formula is C14H22N4. The molecule has 0 aliphatic heterocycles. The fourth-order valence-electron chi connectivity index (χ4n) is 3.01. The Morgan fingerprint density at radius 2 is 2.11 bits per heavy atom. The van der Waals surface area contributed by atoms with E-state index < -0.39 is 0 Å². The van der Waals surface area contributed by atoms with E-state index in [1.807, 2.05) is 0 Å². The summed E-state index contributed by atoms with van der Waals surface area (Å²) < 4.78 is 0. The van der Waals surface area contributed by atoms with E-state index in [0.717, 1.165) is 32.4 Å². The lowest BCUT2D eigenvalue weighted by Gasteiger charge is -2.39. The normalized spacial score (nSPS) is 18.5. The van der Waals surface area contributed by atoms with Gasteiger partial charge in [-0.1, -0.05) is 0 Å². The van der Waals surface area contributed by atoms with Crippen LogP contribution >= 0.6 is 0 Å². The molecule has 0 radical (unpaired) electrons. The van der Waals surface area contributed by atoms with E-state index in [-0.39, 0.29) is 0 Å². The average molecular weight is 246 g/mol. The molecule has 1 aromatic rings. The van der Waals surface area contributed by atoms with Crippen LogP contribution in [-0.4, -0.2) is 29.1 Å². The van der Waals surface area contributed by atoms with Crippen molar-refractivity contribution in [2.75, 3.05) is 18.0 Å². The van der Waals surface area contributed by atoms with Crippen molar-refractivity contribution in [1.29, 1.82) is 0 Å². The Morgan fingerprint density at radius 3 is 2.83 bits per heavy atom. The first-order valence-corrected chi connectivity index (χ1v) is 7.19. The molecule has 2 aliphatic carbocycles. The Labute approximate surface area is 109 Å². The first-order valence-electron chi connectivity index (χ1n) is 7.19. The molecule has 1 saturated carbocycles. The predicted octanol–water partition coefficient (Wildman–Crippen LogP) is 1.67. The van der Waals surface area contributed by atoms with Crippen LogP contribution in [0.5, 0.6) is 0 Å². The molecule has 0 saturated heterocycles. The summed E-state index contributed by atoms with van der Waals surface area (Å²) >= 11 is 0. The van der Waals surface area contributed by atoms with E-state index in [0.29, 0.717) is 6.04 Å². The molecule has 0 spiro atoms. The van der Waals surface area contributed by atoms with Crippen molar-refractivity contribution in [1.82, 2.24) is 9.97 Å². The maximum absolute atomic E-state index is 5.67. The molecule has 0 amide bonds. The van der Waals surface area contributed by atoms with Crippen LogP contribution < -0.4 is 10.6 Å². The van der Waals surface area contributed by atoms with Crippen molar-refractivity contribution < 1.29 is 0 Å². The highest BCUT2D eigenvalue weighted by Crippen LogP contribution is 2.33. The smallest absolute Gasteiger partial charge is 0.135 e. The molecule has 1 fully saturated rings. The van der Waals surface area contributed by atoms with Gasteiger partial charge in [0.2, 0.25) is 0 Å². The van der Waals surface area contributed by atoms with Crippen LogP contribution in [0, 0.1) is 0 Å². The van der Waals surface area contributed by atoms with Gasteiger partial charge in [0.1, 0.15) is 12.1 Å². The molecule has 2 aliphatic rings. The standard InChI is InChI=1S/C14H22N4/c15-8-3-9-18(11-4-1-5-11)14-12-6-2-7-13(12)16-10-17-14/h10-11H,1-9,15H2. The van der Waals surface area contributed by atoms with Crippen molar-refractivity contribution >= 4 is 5.82 Å². The number of aryl methyl sites for hydroxylation is 1. The topological polar surface area (TPSA) is 55.0 Å². The third-order valence-electron chi connectivity index (χ3n) is 4.24. The van der Waals surface area contributed by atoms with E-state index in [9.17, 15) is 0 Å². The molecule has 0 atom stereocenters. The molecule has 1 aromatic heterocycles. The largest absolute Gasteiger partial charge is 0.353 e. The van der Waals surface area contributed by atoms with Gasteiger partial charge in [0.05, 0.1) is 0 Å². The van der Waals surface area contributed by atoms with Crippen LogP contribution in [0.4, 0.5) is 5.82 Å². The number of aromatic nitrogens is 2. The molecule has 0 bridgehead atoms. The zero-order valence-corrected chi connectivity index (χ0v) is 10.9. The van der Waals surface area contributed by atoms with Gasteiger partial charge in [0.15, 0.2) is 0 Å². The van der Waals surface area contributed by atoms with E-state index >= 15 is 0 Å². The first-order chi connectivity index (χ1) is 8.90. The molecule has 98 valence electrons. The van der Waals surface area contributed by atoms with Crippen LogP contribution in [-0.2, 0) is 12.8 Å². The molecule has 4 nitrogen and oxygen atoms in total. The number of rotatable bonds is 5. The van der Waals surface area contributed by atoms with Gasteiger partial charge in [-0.25, -0.2) is 9.97 Å². The lowest BCUT2D eigenvalue weighted by atomic mass is 9.91. The number of hydrogen-bond donors (Lipinski definition) is 1. The number of nitrogens with two attached hydrogens (primary N) is 1. The first kappa shape index (κ1) is 11.9. The maximum atomic E-state index is 5.67. The minimum Gasteiger partial charge on any atom is -0.353 e. The minimum atomic E-state index is 0.691. The Kier molecular flexibility index (Phi) is 3.46. The fraction of sp³-hybridized carbons (Fsp3) is 0.714. The summed E-state index contributed by atoms with van der Waals surface area (Å²) in [5.41, 5.74) is 8.35. The van der Waals surface area contributed by atoms with Gasteiger partial charge in [-0.15, -0.1) is 0 Å². The van der Waals surface area contributed by atoms with Gasteiger partial charge in [-0.3, -0.25) is 0 Å². The average Bonchev–Trinajstić information content (AvgIpc) is 2.80. The highest BCUT2D eigenvalue weighted by Gasteiger charge is 2.29. The third-order valence-corrected chi connectivity index (χ3v) is 4.24. The van der Waals surface area contributed by atoms with Crippen molar-refractivity contribution in [3.63, 3.8) is 0 Å². The Balaban J connectivity index is 1.86. The molecule has 18 heavy (non-hydrogen) atoms. The van der Waals surface area contributed by atoms with E-state index in [2.05, 4.69) is 14.9 Å². The van der Waals surface area contributed by atoms with Gasteiger partial charge < -0.3 is 10.6 Å². The highest BCUT2D eigenvalue weighted by atomic mass is 15.2. The van der Waals surface area contributed by atoms with E-state index in [1.165, 1.54) is 42.8 Å². The summed E-state index contributed by atoms with van der Waals surface area (Å²) in [5.74, 6) is 1.20. The second kappa shape index (κ2) is 5.22. The third kappa shape index (κ3) is 2.09. The summed E-state index contributed by atoms with van der Waals surface area (Å²) in [6.45, 7) is 1.81. The van der Waals surface area contributed by atoms with Gasteiger partial charge in [0, 0.05) is 23.8 Å². The van der Waals surface area contributed by atoms with Gasteiger partial charge in [0.25, 0.3) is 0 Å². The summed E-state index contributed by atoms with van der Waals surface area (Å²) in [6.07, 6.45) is 10.3.